The molecule has 0 atom stereocenters. The van der Waals surface area contributed by atoms with Crippen molar-refractivity contribution in [3.8, 4) is 11.8 Å². The number of hydrogen-bond acceptors (Lipinski definition) is 6. The van der Waals surface area contributed by atoms with Gasteiger partial charge in [-0.05, 0) is 42.4 Å². The van der Waals surface area contributed by atoms with Crippen LogP contribution in [0.25, 0.3) is 11.1 Å². The number of phenolic OH excluding ortho intramolecular Hbond substituents is 1. The summed E-state index contributed by atoms with van der Waals surface area (Å²) in [6, 6.07) is 8.49. The van der Waals surface area contributed by atoms with Gasteiger partial charge in [-0.3, -0.25) is 0 Å². The quantitative estimate of drug-likeness (QED) is 0.277. The molecule has 0 aliphatic carbocycles. The van der Waals surface area contributed by atoms with Crippen LogP contribution < -0.4 is 11.5 Å². The van der Waals surface area contributed by atoms with Crippen LogP contribution >= 0.6 is 23.8 Å². The van der Waals surface area contributed by atoms with Gasteiger partial charge in [0.2, 0.25) is 0 Å². The van der Waals surface area contributed by atoms with Crippen LogP contribution in [-0.4, -0.2) is 10.1 Å². The molecule has 1 heterocycles. The maximum Gasteiger partial charge on any atom is 0.266 e. The number of halogens is 1. The summed E-state index contributed by atoms with van der Waals surface area (Å²) in [7, 11) is 0. The van der Waals surface area contributed by atoms with E-state index in [-0.39, 0.29) is 16.5 Å². The van der Waals surface area contributed by atoms with Gasteiger partial charge in [0.25, 0.3) is 4.84 Å². The fourth-order valence-electron chi connectivity index (χ4n) is 2.25. The van der Waals surface area contributed by atoms with Crippen LogP contribution in [0.4, 0.5) is 11.4 Å². The second-order valence-corrected chi connectivity index (χ2v) is 6.47. The van der Waals surface area contributed by atoms with E-state index in [2.05, 4.69) is 4.98 Å². The summed E-state index contributed by atoms with van der Waals surface area (Å²) >= 11 is 10.6. The van der Waals surface area contributed by atoms with Gasteiger partial charge >= 0.3 is 0 Å². The van der Waals surface area contributed by atoms with E-state index >= 15 is 0 Å². The first kappa shape index (κ1) is 18.6. The van der Waals surface area contributed by atoms with Crippen LogP contribution in [0, 0.1) is 16.2 Å². The first-order valence-electron chi connectivity index (χ1n) is 7.33. The van der Waals surface area contributed by atoms with E-state index in [9.17, 15) is 5.11 Å². The summed E-state index contributed by atoms with van der Waals surface area (Å²) in [6.07, 6.45) is 0. The molecule has 3 aromatic rings. The summed E-state index contributed by atoms with van der Waals surface area (Å²) in [4.78, 5) is 3.04. The van der Waals surface area contributed by atoms with Gasteiger partial charge in [0.15, 0.2) is 5.58 Å². The lowest BCUT2D eigenvalue weighted by molar-refractivity contribution is 0.467. The van der Waals surface area contributed by atoms with Crippen LogP contribution in [-0.2, 0) is 0 Å². The largest absolute Gasteiger partial charge is 0.505 e. The van der Waals surface area contributed by atoms with Gasteiger partial charge in [-0.25, -0.2) is 0 Å². The molecule has 0 spiro atoms. The smallest absolute Gasteiger partial charge is 0.266 e. The number of oxazole rings is 1. The van der Waals surface area contributed by atoms with Crippen LogP contribution in [0.3, 0.4) is 0 Å². The van der Waals surface area contributed by atoms with E-state index in [1.165, 1.54) is 0 Å². The number of nitriles is 1. The molecule has 3 rings (SSSR count). The highest BCUT2D eigenvalue weighted by atomic mass is 35.5. The molecule has 130 valence electrons. The lowest BCUT2D eigenvalue weighted by Gasteiger charge is -2.10. The van der Waals surface area contributed by atoms with Crippen LogP contribution in [0.5, 0.6) is 5.75 Å². The van der Waals surface area contributed by atoms with Gasteiger partial charge in [-0.2, -0.15) is 5.26 Å². The Morgan fingerprint density at radius 3 is 2.56 bits per heavy atom. The number of fused-ring (bicyclic) bond motifs is 1. The van der Waals surface area contributed by atoms with Crippen molar-refractivity contribution in [2.24, 2.45) is 0 Å². The maximum absolute atomic E-state index is 9.51. The third kappa shape index (κ3) is 4.24. The Balaban J connectivity index is 0.000000181. The van der Waals surface area contributed by atoms with E-state index in [1.54, 1.807) is 24.3 Å². The Morgan fingerprint density at radius 1 is 1.28 bits per heavy atom. The second kappa shape index (κ2) is 7.47. The summed E-state index contributed by atoms with van der Waals surface area (Å²) in [6.45, 7) is 3.95. The number of hydrogen-bond donors (Lipinski definition) is 4. The zero-order chi connectivity index (χ0) is 18.7. The SMILES string of the molecule is CC(C)c1cc(Cl)cc(N)c1O.N#Cc1cc(N)cc2[nH]c(=S)oc12. The number of rotatable bonds is 1. The molecule has 6 N–H and O–H groups in total. The predicted octanol–water partition coefficient (Wildman–Crippen LogP) is 4.70. The molecule has 1 aromatic heterocycles. The first-order valence-corrected chi connectivity index (χ1v) is 8.11. The van der Waals surface area contributed by atoms with Crippen molar-refractivity contribution < 1.29 is 9.52 Å². The molecule has 0 amide bonds. The lowest BCUT2D eigenvalue weighted by atomic mass is 10.0. The second-order valence-electron chi connectivity index (χ2n) is 5.66. The van der Waals surface area contributed by atoms with Crippen LogP contribution in [0.1, 0.15) is 30.9 Å². The molecule has 0 aliphatic heterocycles. The number of aromatic amines is 1. The van der Waals surface area contributed by atoms with E-state index in [4.69, 9.17) is 45.0 Å². The number of anilines is 2. The molecule has 0 fully saturated rings. The number of nitrogens with one attached hydrogen (secondary N) is 1. The van der Waals surface area contributed by atoms with E-state index < -0.39 is 0 Å². The Morgan fingerprint density at radius 2 is 1.96 bits per heavy atom. The molecule has 25 heavy (non-hydrogen) atoms. The Bertz CT molecular complexity index is 1020. The fraction of sp³-hybridized carbons (Fsp3) is 0.176. The fourth-order valence-corrected chi connectivity index (χ4v) is 2.68. The van der Waals surface area contributed by atoms with Crippen molar-refractivity contribution in [2.45, 2.75) is 19.8 Å². The van der Waals surface area contributed by atoms with Gasteiger partial charge in [0.05, 0.1) is 16.8 Å². The maximum atomic E-state index is 9.51. The minimum atomic E-state index is 0.148. The lowest BCUT2D eigenvalue weighted by Crippen LogP contribution is -1.93. The average Bonchev–Trinajstić information content (AvgIpc) is 2.90. The number of aromatic nitrogens is 1. The molecular formula is C17H17ClN4O2S. The van der Waals surface area contributed by atoms with Crippen molar-refractivity contribution >= 4 is 46.3 Å². The number of H-pyrrole nitrogens is 1. The van der Waals surface area contributed by atoms with E-state index in [0.717, 1.165) is 5.56 Å². The summed E-state index contributed by atoms with van der Waals surface area (Å²) < 4.78 is 5.13. The number of benzene rings is 2. The molecule has 6 nitrogen and oxygen atoms in total. The molecule has 2 aromatic carbocycles. The van der Waals surface area contributed by atoms with Crippen molar-refractivity contribution in [2.75, 3.05) is 11.5 Å². The molecule has 0 unspecified atom stereocenters. The van der Waals surface area contributed by atoms with Crippen molar-refractivity contribution in [1.29, 1.82) is 5.26 Å². The minimum Gasteiger partial charge on any atom is -0.505 e. The third-order valence-electron chi connectivity index (χ3n) is 3.42. The minimum absolute atomic E-state index is 0.148. The highest BCUT2D eigenvalue weighted by molar-refractivity contribution is 7.71. The molecule has 0 saturated heterocycles. The van der Waals surface area contributed by atoms with Gasteiger partial charge in [0.1, 0.15) is 11.8 Å². The molecular weight excluding hydrogens is 360 g/mol. The highest BCUT2D eigenvalue weighted by Crippen LogP contribution is 2.33. The normalized spacial score (nSPS) is 10.4. The summed E-state index contributed by atoms with van der Waals surface area (Å²) in [5.41, 5.74) is 14.2. The zero-order valence-corrected chi connectivity index (χ0v) is 15.2. The Labute approximate surface area is 154 Å². The average molecular weight is 377 g/mol. The zero-order valence-electron chi connectivity index (χ0n) is 13.6. The predicted molar refractivity (Wildman–Crippen MR) is 102 cm³/mol. The Kier molecular flexibility index (Phi) is 5.57. The van der Waals surface area contributed by atoms with Gasteiger partial charge in [-0.1, -0.05) is 25.4 Å². The van der Waals surface area contributed by atoms with Crippen molar-refractivity contribution in [3.05, 3.63) is 45.3 Å². The first-order chi connectivity index (χ1) is 11.7. The van der Waals surface area contributed by atoms with Gasteiger partial charge in [-0.15, -0.1) is 0 Å². The standard InChI is InChI=1S/C9H12ClNO.C8H5N3OS/c1-5(2)7-3-6(10)4-8(11)9(7)12;9-3-4-1-5(10)2-6-7(4)12-8(13)11-6/h3-5,12H,11H2,1-2H3;1-2H,10H2,(H,11,13). The van der Waals surface area contributed by atoms with Crippen LogP contribution in [0.2, 0.25) is 5.02 Å². The monoisotopic (exact) mass is 376 g/mol. The van der Waals surface area contributed by atoms with Gasteiger partial charge < -0.3 is 26.0 Å². The number of nitrogen functional groups attached to an aromatic ring is 2. The van der Waals surface area contributed by atoms with E-state index in [0.29, 0.717) is 33.1 Å². The number of nitrogens with two attached hydrogens (primary N) is 2. The molecule has 0 radical (unpaired) electrons. The van der Waals surface area contributed by atoms with Crippen LogP contribution in [0.15, 0.2) is 28.7 Å². The molecule has 0 aliphatic rings. The highest BCUT2D eigenvalue weighted by Gasteiger charge is 2.09. The number of phenols is 1. The topological polar surface area (TPSA) is 125 Å². The third-order valence-corrected chi connectivity index (χ3v) is 3.82. The number of aromatic hydroxyl groups is 1. The molecule has 0 bridgehead atoms. The van der Waals surface area contributed by atoms with Crippen molar-refractivity contribution in [3.63, 3.8) is 0 Å². The van der Waals surface area contributed by atoms with Crippen molar-refractivity contribution in [1.82, 2.24) is 4.98 Å². The van der Waals surface area contributed by atoms with E-state index in [1.807, 2.05) is 19.9 Å². The summed E-state index contributed by atoms with van der Waals surface area (Å²) in [5, 5.41) is 18.8. The molecule has 8 heteroatoms. The molecule has 0 saturated carbocycles. The Hall–Kier alpha value is -2.69. The number of nitrogens with zero attached hydrogens (tertiary/aromatic N) is 1. The summed E-state index contributed by atoms with van der Waals surface area (Å²) in [5.74, 6) is 0.375. The van der Waals surface area contributed by atoms with Gasteiger partial charge in [0, 0.05) is 16.3 Å².